The second-order valence-electron chi connectivity index (χ2n) is 3.91. The van der Waals surface area contributed by atoms with Crippen LogP contribution in [0.3, 0.4) is 0 Å². The van der Waals surface area contributed by atoms with Crippen molar-refractivity contribution >= 4 is 5.97 Å². The first-order chi connectivity index (χ1) is 8.03. The van der Waals surface area contributed by atoms with Crippen LogP contribution in [0.2, 0.25) is 0 Å². The van der Waals surface area contributed by atoms with Crippen molar-refractivity contribution in [2.45, 2.75) is 12.5 Å². The Kier molecular flexibility index (Phi) is 2.73. The molecule has 2 N–H and O–H groups in total. The fraction of sp³-hybridized carbons (Fsp3) is 0.154. The average molecular weight is 232 g/mol. The molecular formula is C13H12O4. The Bertz CT molecular complexity index is 525. The lowest BCUT2D eigenvalue weighted by Gasteiger charge is -2.22. The van der Waals surface area contributed by atoms with Gasteiger partial charge in [0.15, 0.2) is 5.76 Å². The third kappa shape index (κ3) is 1.94. The summed E-state index contributed by atoms with van der Waals surface area (Å²) < 4.78 is 5.11. The Hall–Kier alpha value is -2.07. The van der Waals surface area contributed by atoms with Crippen LogP contribution in [0.1, 0.15) is 28.6 Å². The predicted molar refractivity (Wildman–Crippen MR) is 60.8 cm³/mol. The standard InChI is InChI=1S/C13H12O4/c1-13(16,9-5-3-2-4-6-9)11-10(12(14)15)7-8-17-11/h2-8,16H,1H3,(H,14,15). The molecule has 88 valence electrons. The van der Waals surface area contributed by atoms with Gasteiger partial charge in [-0.2, -0.15) is 0 Å². The lowest BCUT2D eigenvalue weighted by atomic mass is 9.91. The van der Waals surface area contributed by atoms with E-state index >= 15 is 0 Å². The number of hydrogen-bond donors (Lipinski definition) is 2. The summed E-state index contributed by atoms with van der Waals surface area (Å²) in [7, 11) is 0. The zero-order valence-corrected chi connectivity index (χ0v) is 9.25. The summed E-state index contributed by atoms with van der Waals surface area (Å²) in [6.45, 7) is 1.51. The fourth-order valence-corrected chi connectivity index (χ4v) is 1.75. The number of carboxylic acids is 1. The van der Waals surface area contributed by atoms with Crippen LogP contribution in [0.5, 0.6) is 0 Å². The molecule has 0 amide bonds. The van der Waals surface area contributed by atoms with Gasteiger partial charge in [0.05, 0.1) is 6.26 Å². The summed E-state index contributed by atoms with van der Waals surface area (Å²) in [4.78, 5) is 11.0. The molecule has 1 heterocycles. The van der Waals surface area contributed by atoms with Gasteiger partial charge in [-0.1, -0.05) is 30.3 Å². The number of benzene rings is 1. The number of aromatic carboxylic acids is 1. The minimum atomic E-state index is -1.46. The number of carboxylic acid groups (broad SMARTS) is 1. The molecule has 0 fully saturated rings. The maximum Gasteiger partial charge on any atom is 0.339 e. The van der Waals surface area contributed by atoms with Crippen molar-refractivity contribution in [1.29, 1.82) is 0 Å². The summed E-state index contributed by atoms with van der Waals surface area (Å²) in [6, 6.07) is 10.1. The highest BCUT2D eigenvalue weighted by Gasteiger charge is 2.33. The first-order valence-electron chi connectivity index (χ1n) is 5.12. The van der Waals surface area contributed by atoms with Gasteiger partial charge in [-0.05, 0) is 18.6 Å². The second-order valence-corrected chi connectivity index (χ2v) is 3.91. The minimum absolute atomic E-state index is 0.0288. The molecule has 0 bridgehead atoms. The van der Waals surface area contributed by atoms with Crippen molar-refractivity contribution in [1.82, 2.24) is 0 Å². The van der Waals surface area contributed by atoms with E-state index in [0.717, 1.165) is 0 Å². The van der Waals surface area contributed by atoms with Gasteiger partial charge in [0.1, 0.15) is 11.2 Å². The largest absolute Gasteiger partial charge is 0.478 e. The van der Waals surface area contributed by atoms with Crippen LogP contribution in [0.25, 0.3) is 0 Å². The van der Waals surface area contributed by atoms with Crippen LogP contribution in [0.15, 0.2) is 47.1 Å². The summed E-state index contributed by atoms with van der Waals surface area (Å²) in [5, 5.41) is 19.4. The summed E-state index contributed by atoms with van der Waals surface area (Å²) in [5.74, 6) is -1.08. The highest BCUT2D eigenvalue weighted by molar-refractivity contribution is 5.89. The van der Waals surface area contributed by atoms with E-state index in [4.69, 9.17) is 9.52 Å². The Morgan fingerprint density at radius 2 is 1.88 bits per heavy atom. The molecule has 1 aromatic carbocycles. The zero-order chi connectivity index (χ0) is 12.5. The van der Waals surface area contributed by atoms with Crippen LogP contribution in [0, 0.1) is 0 Å². The Labute approximate surface area is 98.1 Å². The molecule has 0 saturated carbocycles. The predicted octanol–water partition coefficient (Wildman–Crippen LogP) is 2.23. The van der Waals surface area contributed by atoms with Crippen molar-refractivity contribution in [3.63, 3.8) is 0 Å². The molecule has 4 nitrogen and oxygen atoms in total. The van der Waals surface area contributed by atoms with Crippen molar-refractivity contribution in [3.8, 4) is 0 Å². The van der Waals surface area contributed by atoms with Gasteiger partial charge in [0.25, 0.3) is 0 Å². The van der Waals surface area contributed by atoms with E-state index in [1.807, 2.05) is 6.07 Å². The minimum Gasteiger partial charge on any atom is -0.478 e. The normalized spacial score (nSPS) is 14.2. The molecule has 0 saturated heterocycles. The number of hydrogen-bond acceptors (Lipinski definition) is 3. The monoisotopic (exact) mass is 232 g/mol. The molecule has 0 spiro atoms. The molecule has 2 rings (SSSR count). The van der Waals surface area contributed by atoms with E-state index in [1.54, 1.807) is 24.3 Å². The molecule has 1 atom stereocenters. The Morgan fingerprint density at radius 1 is 1.24 bits per heavy atom. The number of furan rings is 1. The van der Waals surface area contributed by atoms with Crippen molar-refractivity contribution in [2.24, 2.45) is 0 Å². The van der Waals surface area contributed by atoms with Gasteiger partial charge in [-0.25, -0.2) is 4.79 Å². The third-order valence-corrected chi connectivity index (χ3v) is 2.67. The first-order valence-corrected chi connectivity index (χ1v) is 5.12. The van der Waals surface area contributed by atoms with Crippen molar-refractivity contribution in [3.05, 3.63) is 59.5 Å². The van der Waals surface area contributed by atoms with Crippen LogP contribution in [-0.4, -0.2) is 16.2 Å². The van der Waals surface area contributed by atoms with Gasteiger partial charge >= 0.3 is 5.97 Å². The molecule has 1 unspecified atom stereocenters. The fourth-order valence-electron chi connectivity index (χ4n) is 1.75. The zero-order valence-electron chi connectivity index (χ0n) is 9.25. The van der Waals surface area contributed by atoms with E-state index in [1.165, 1.54) is 19.3 Å². The highest BCUT2D eigenvalue weighted by Crippen LogP contribution is 2.31. The van der Waals surface area contributed by atoms with Crippen molar-refractivity contribution in [2.75, 3.05) is 0 Å². The molecular weight excluding hydrogens is 220 g/mol. The highest BCUT2D eigenvalue weighted by atomic mass is 16.4. The lowest BCUT2D eigenvalue weighted by molar-refractivity contribution is 0.0615. The van der Waals surface area contributed by atoms with Gasteiger partial charge in [-0.15, -0.1) is 0 Å². The summed E-state index contributed by atoms with van der Waals surface area (Å²) >= 11 is 0. The molecule has 1 aromatic heterocycles. The molecule has 0 aliphatic heterocycles. The van der Waals surface area contributed by atoms with Crippen LogP contribution in [0.4, 0.5) is 0 Å². The summed E-state index contributed by atoms with van der Waals surface area (Å²) in [5.41, 5.74) is -0.908. The maximum atomic E-state index is 11.0. The van der Waals surface area contributed by atoms with Crippen LogP contribution < -0.4 is 0 Å². The van der Waals surface area contributed by atoms with E-state index in [2.05, 4.69) is 0 Å². The SMILES string of the molecule is CC(O)(c1ccccc1)c1occc1C(=O)O. The molecule has 0 radical (unpaired) electrons. The summed E-state index contributed by atoms with van der Waals surface area (Å²) in [6.07, 6.45) is 1.26. The van der Waals surface area contributed by atoms with E-state index in [9.17, 15) is 9.90 Å². The Balaban J connectivity index is 2.52. The van der Waals surface area contributed by atoms with Gasteiger partial charge < -0.3 is 14.6 Å². The van der Waals surface area contributed by atoms with Crippen LogP contribution in [-0.2, 0) is 5.60 Å². The van der Waals surface area contributed by atoms with Crippen molar-refractivity contribution < 1.29 is 19.4 Å². The topological polar surface area (TPSA) is 70.7 Å². The maximum absolute atomic E-state index is 11.0. The number of rotatable bonds is 3. The molecule has 17 heavy (non-hydrogen) atoms. The molecule has 2 aromatic rings. The molecule has 4 heteroatoms. The van der Waals surface area contributed by atoms with Crippen LogP contribution >= 0.6 is 0 Å². The van der Waals surface area contributed by atoms with Gasteiger partial charge in [-0.3, -0.25) is 0 Å². The quantitative estimate of drug-likeness (QED) is 0.851. The van der Waals surface area contributed by atoms with E-state index in [0.29, 0.717) is 5.56 Å². The number of aliphatic hydroxyl groups is 1. The average Bonchev–Trinajstić information content (AvgIpc) is 2.80. The third-order valence-electron chi connectivity index (χ3n) is 2.67. The molecule has 0 aliphatic rings. The number of carbonyl (C=O) groups is 1. The van der Waals surface area contributed by atoms with Gasteiger partial charge in [0, 0.05) is 0 Å². The molecule has 0 aliphatic carbocycles. The van der Waals surface area contributed by atoms with E-state index in [-0.39, 0.29) is 11.3 Å². The smallest absolute Gasteiger partial charge is 0.339 e. The second kappa shape index (κ2) is 4.07. The lowest BCUT2D eigenvalue weighted by Crippen LogP contribution is -2.24. The van der Waals surface area contributed by atoms with E-state index < -0.39 is 11.6 Å². The Morgan fingerprint density at radius 3 is 2.47 bits per heavy atom. The van der Waals surface area contributed by atoms with Gasteiger partial charge in [0.2, 0.25) is 0 Å². The first kappa shape index (κ1) is 11.4.